The molecule has 3 aromatic rings. The highest BCUT2D eigenvalue weighted by molar-refractivity contribution is 5.46. The van der Waals surface area contributed by atoms with Gasteiger partial charge in [0.05, 0.1) is 19.8 Å². The van der Waals surface area contributed by atoms with Crippen molar-refractivity contribution in [3.63, 3.8) is 0 Å². The van der Waals surface area contributed by atoms with E-state index in [2.05, 4.69) is 29.2 Å². The summed E-state index contributed by atoms with van der Waals surface area (Å²) in [5, 5.41) is 4.73. The van der Waals surface area contributed by atoms with E-state index in [-0.39, 0.29) is 0 Å². The molecule has 1 aliphatic heterocycles. The van der Waals surface area contributed by atoms with Gasteiger partial charge in [-0.2, -0.15) is 0 Å². The number of aryl methyl sites for hydroxylation is 3. The highest BCUT2D eigenvalue weighted by Gasteiger charge is 2.18. The molecule has 6 heteroatoms. The van der Waals surface area contributed by atoms with E-state index in [0.29, 0.717) is 5.82 Å². The molecule has 0 N–H and O–H groups in total. The smallest absolute Gasteiger partial charge is 0.217 e. The highest BCUT2D eigenvalue weighted by atomic mass is 16.5. The fourth-order valence-electron chi connectivity index (χ4n) is 3.17. The first-order chi connectivity index (χ1) is 12.8. The average molecular weight is 352 g/mol. The van der Waals surface area contributed by atoms with E-state index in [1.807, 2.05) is 29.8 Å². The van der Waals surface area contributed by atoms with Crippen LogP contribution < -0.4 is 0 Å². The van der Waals surface area contributed by atoms with Crippen molar-refractivity contribution in [2.45, 2.75) is 26.4 Å². The third-order valence-corrected chi connectivity index (χ3v) is 4.63. The topological polar surface area (TPSA) is 56.3 Å². The number of rotatable bonds is 6. The molecule has 3 heterocycles. The zero-order valence-corrected chi connectivity index (χ0v) is 15.1. The molecule has 0 atom stereocenters. The van der Waals surface area contributed by atoms with Crippen molar-refractivity contribution >= 4 is 0 Å². The van der Waals surface area contributed by atoms with Gasteiger partial charge in [-0.3, -0.25) is 4.90 Å². The molecule has 1 fully saturated rings. The number of hydrogen-bond donors (Lipinski definition) is 0. The van der Waals surface area contributed by atoms with Crippen molar-refractivity contribution in [1.29, 1.82) is 0 Å². The summed E-state index contributed by atoms with van der Waals surface area (Å²) in [6, 6.07) is 14.4. The molecule has 1 saturated heterocycles. The lowest BCUT2D eigenvalue weighted by Gasteiger charge is -2.26. The van der Waals surface area contributed by atoms with E-state index >= 15 is 0 Å². The Labute approximate surface area is 153 Å². The van der Waals surface area contributed by atoms with Gasteiger partial charge < -0.3 is 9.15 Å². The van der Waals surface area contributed by atoms with Gasteiger partial charge in [-0.15, -0.1) is 5.10 Å². The van der Waals surface area contributed by atoms with Crippen molar-refractivity contribution in [3.8, 4) is 11.6 Å². The molecule has 0 saturated carbocycles. The molecular formula is C20H24N4O2. The molecule has 0 radical (unpaired) electrons. The van der Waals surface area contributed by atoms with Crippen molar-refractivity contribution in [1.82, 2.24) is 19.7 Å². The maximum atomic E-state index is 5.72. The highest BCUT2D eigenvalue weighted by Crippen LogP contribution is 2.20. The largest absolute Gasteiger partial charge is 0.458 e. The molecule has 0 spiro atoms. The summed E-state index contributed by atoms with van der Waals surface area (Å²) in [5.41, 5.74) is 1.30. The van der Waals surface area contributed by atoms with E-state index in [1.165, 1.54) is 5.56 Å². The van der Waals surface area contributed by atoms with Gasteiger partial charge in [0.25, 0.3) is 0 Å². The molecule has 0 unspecified atom stereocenters. The number of aromatic nitrogens is 3. The van der Waals surface area contributed by atoms with Crippen LogP contribution in [0.15, 0.2) is 46.9 Å². The zero-order chi connectivity index (χ0) is 17.8. The predicted octanol–water partition coefficient (Wildman–Crippen LogP) is 2.92. The second-order valence-corrected chi connectivity index (χ2v) is 6.61. The lowest BCUT2D eigenvalue weighted by molar-refractivity contribution is 0.0324. The summed E-state index contributed by atoms with van der Waals surface area (Å²) in [5.74, 6) is 3.24. The quantitative estimate of drug-likeness (QED) is 0.683. The summed E-state index contributed by atoms with van der Waals surface area (Å²) in [4.78, 5) is 7.14. The fourth-order valence-corrected chi connectivity index (χ4v) is 3.17. The molecule has 0 bridgehead atoms. The molecule has 6 nitrogen and oxygen atoms in total. The van der Waals surface area contributed by atoms with Crippen LogP contribution in [0.4, 0.5) is 0 Å². The van der Waals surface area contributed by atoms with Crippen LogP contribution in [0.3, 0.4) is 0 Å². The van der Waals surface area contributed by atoms with E-state index in [0.717, 1.165) is 63.2 Å². The molecular weight excluding hydrogens is 328 g/mol. The first-order valence-electron chi connectivity index (χ1n) is 9.12. The van der Waals surface area contributed by atoms with E-state index in [1.54, 1.807) is 0 Å². The summed E-state index contributed by atoms with van der Waals surface area (Å²) in [6.45, 7) is 6.94. The minimum atomic E-state index is 0.662. The number of ether oxygens (including phenoxy) is 1. The van der Waals surface area contributed by atoms with Crippen molar-refractivity contribution in [3.05, 3.63) is 59.6 Å². The fraction of sp³-hybridized carbons (Fsp3) is 0.400. The van der Waals surface area contributed by atoms with Crippen LogP contribution in [0, 0.1) is 6.92 Å². The Kier molecular flexibility index (Phi) is 5.13. The first kappa shape index (κ1) is 17.0. The zero-order valence-electron chi connectivity index (χ0n) is 15.1. The van der Waals surface area contributed by atoms with E-state index in [9.17, 15) is 0 Å². The third kappa shape index (κ3) is 4.03. The molecule has 26 heavy (non-hydrogen) atoms. The monoisotopic (exact) mass is 352 g/mol. The lowest BCUT2D eigenvalue weighted by atomic mass is 10.1. The Morgan fingerprint density at radius 3 is 2.58 bits per heavy atom. The molecule has 4 rings (SSSR count). The second-order valence-electron chi connectivity index (χ2n) is 6.61. The molecule has 0 amide bonds. The minimum Gasteiger partial charge on any atom is -0.458 e. The maximum Gasteiger partial charge on any atom is 0.217 e. The summed E-state index contributed by atoms with van der Waals surface area (Å²) < 4.78 is 13.2. The van der Waals surface area contributed by atoms with Gasteiger partial charge in [0.1, 0.15) is 11.6 Å². The van der Waals surface area contributed by atoms with Crippen LogP contribution in [-0.2, 0) is 24.2 Å². The Hall–Kier alpha value is -2.44. The van der Waals surface area contributed by atoms with Crippen LogP contribution in [-0.4, -0.2) is 46.0 Å². The Bertz CT molecular complexity index is 835. The number of benzene rings is 1. The van der Waals surface area contributed by atoms with Gasteiger partial charge in [0.2, 0.25) is 5.82 Å². The number of nitrogens with zero attached hydrogens (tertiary/aromatic N) is 4. The third-order valence-electron chi connectivity index (χ3n) is 4.63. The second kappa shape index (κ2) is 7.85. The molecule has 1 aliphatic rings. The number of morpholine rings is 1. The molecule has 136 valence electrons. The van der Waals surface area contributed by atoms with Crippen molar-refractivity contribution in [2.24, 2.45) is 0 Å². The van der Waals surface area contributed by atoms with Gasteiger partial charge in [-0.1, -0.05) is 30.3 Å². The van der Waals surface area contributed by atoms with Crippen LogP contribution in [0.2, 0.25) is 0 Å². The Morgan fingerprint density at radius 2 is 1.85 bits per heavy atom. The molecule has 1 aromatic carbocycles. The van der Waals surface area contributed by atoms with Gasteiger partial charge in [0, 0.05) is 19.6 Å². The van der Waals surface area contributed by atoms with Gasteiger partial charge >= 0.3 is 0 Å². The SMILES string of the molecule is Cc1ccc(-c2nc(CN3CCOCC3)n(CCc3ccccc3)n2)o1. The standard InChI is InChI=1S/C20H24N4O2/c1-16-7-8-18(26-16)20-21-19(15-23-11-13-25-14-12-23)24(22-20)10-9-17-5-3-2-4-6-17/h2-8H,9-15H2,1H3. The predicted molar refractivity (Wildman–Crippen MR) is 98.7 cm³/mol. The normalized spacial score (nSPS) is 15.4. The summed E-state index contributed by atoms with van der Waals surface area (Å²) >= 11 is 0. The van der Waals surface area contributed by atoms with Gasteiger partial charge in [0.15, 0.2) is 5.76 Å². The van der Waals surface area contributed by atoms with E-state index < -0.39 is 0 Å². The van der Waals surface area contributed by atoms with Gasteiger partial charge in [-0.25, -0.2) is 9.67 Å². The average Bonchev–Trinajstić information content (AvgIpc) is 3.28. The first-order valence-corrected chi connectivity index (χ1v) is 9.12. The van der Waals surface area contributed by atoms with Crippen LogP contribution >= 0.6 is 0 Å². The molecule has 2 aromatic heterocycles. The van der Waals surface area contributed by atoms with Crippen LogP contribution in [0.5, 0.6) is 0 Å². The maximum absolute atomic E-state index is 5.72. The number of furan rings is 1. The minimum absolute atomic E-state index is 0.662. The molecule has 0 aliphatic carbocycles. The summed E-state index contributed by atoms with van der Waals surface area (Å²) in [7, 11) is 0. The van der Waals surface area contributed by atoms with Crippen LogP contribution in [0.1, 0.15) is 17.1 Å². The van der Waals surface area contributed by atoms with E-state index in [4.69, 9.17) is 19.2 Å². The van der Waals surface area contributed by atoms with Gasteiger partial charge in [-0.05, 0) is 31.0 Å². The lowest BCUT2D eigenvalue weighted by Crippen LogP contribution is -2.36. The van der Waals surface area contributed by atoms with Crippen molar-refractivity contribution < 1.29 is 9.15 Å². The number of hydrogen-bond acceptors (Lipinski definition) is 5. The Balaban J connectivity index is 1.55. The van der Waals surface area contributed by atoms with Crippen molar-refractivity contribution in [2.75, 3.05) is 26.3 Å². The Morgan fingerprint density at radius 1 is 1.04 bits per heavy atom. The van der Waals surface area contributed by atoms with Crippen LogP contribution in [0.25, 0.3) is 11.6 Å². The summed E-state index contributed by atoms with van der Waals surface area (Å²) in [6.07, 6.45) is 0.928.